The number of rotatable bonds is 1. The minimum Gasteiger partial charge on any atom is -0.158 e. The Bertz CT molecular complexity index is 618. The van der Waals surface area contributed by atoms with Gasteiger partial charge in [0.05, 0.1) is 11.7 Å². The van der Waals surface area contributed by atoms with Crippen LogP contribution in [-0.4, -0.2) is 10.2 Å². The van der Waals surface area contributed by atoms with Crippen LogP contribution in [0.5, 0.6) is 0 Å². The van der Waals surface area contributed by atoms with Crippen molar-refractivity contribution in [3.8, 4) is 11.1 Å². The molecule has 0 saturated heterocycles. The van der Waals surface area contributed by atoms with Gasteiger partial charge in [0.2, 0.25) is 0 Å². The maximum Gasteiger partial charge on any atom is 0.0935 e. The van der Waals surface area contributed by atoms with Gasteiger partial charge in [-0.05, 0) is 11.6 Å². The van der Waals surface area contributed by atoms with E-state index in [0.29, 0.717) is 0 Å². The van der Waals surface area contributed by atoms with Gasteiger partial charge in [-0.1, -0.05) is 48.5 Å². The highest BCUT2D eigenvalue weighted by Gasteiger charge is 2.03. The van der Waals surface area contributed by atoms with E-state index in [-0.39, 0.29) is 12.4 Å². The molecule has 0 radical (unpaired) electrons. The SMILES string of the molecule is Cl.c1ccc(-c2cnnc3ccccc23)cc1. The first-order valence-corrected chi connectivity index (χ1v) is 5.21. The minimum absolute atomic E-state index is 0. The van der Waals surface area contributed by atoms with Gasteiger partial charge in [-0.25, -0.2) is 0 Å². The fraction of sp³-hybridized carbons (Fsp3) is 0. The summed E-state index contributed by atoms with van der Waals surface area (Å²) in [6, 6.07) is 18.3. The first-order valence-electron chi connectivity index (χ1n) is 5.21. The summed E-state index contributed by atoms with van der Waals surface area (Å²) in [7, 11) is 0. The van der Waals surface area contributed by atoms with Crippen LogP contribution in [0, 0.1) is 0 Å². The highest BCUT2D eigenvalue weighted by Crippen LogP contribution is 2.25. The van der Waals surface area contributed by atoms with Crippen LogP contribution >= 0.6 is 12.4 Å². The maximum atomic E-state index is 4.12. The Morgan fingerprint density at radius 1 is 0.765 bits per heavy atom. The summed E-state index contributed by atoms with van der Waals surface area (Å²) < 4.78 is 0. The second kappa shape index (κ2) is 4.93. The fourth-order valence-corrected chi connectivity index (χ4v) is 1.85. The largest absolute Gasteiger partial charge is 0.158 e. The molecule has 1 aromatic heterocycles. The molecule has 0 aliphatic rings. The van der Waals surface area contributed by atoms with Crippen LogP contribution in [0.4, 0.5) is 0 Å². The summed E-state index contributed by atoms with van der Waals surface area (Å²) in [5.74, 6) is 0. The van der Waals surface area contributed by atoms with Gasteiger partial charge in [0.1, 0.15) is 0 Å². The molecule has 0 aliphatic heterocycles. The van der Waals surface area contributed by atoms with Crippen molar-refractivity contribution in [3.05, 3.63) is 60.8 Å². The molecule has 0 unspecified atom stereocenters. The summed E-state index contributed by atoms with van der Waals surface area (Å²) in [4.78, 5) is 0. The van der Waals surface area contributed by atoms with Gasteiger partial charge < -0.3 is 0 Å². The summed E-state index contributed by atoms with van der Waals surface area (Å²) in [6.45, 7) is 0. The van der Waals surface area contributed by atoms with E-state index >= 15 is 0 Å². The van der Waals surface area contributed by atoms with Crippen LogP contribution in [0.3, 0.4) is 0 Å². The Balaban J connectivity index is 0.00000108. The standard InChI is InChI=1S/C14H10N2.ClH/c1-2-6-11(7-3-1)13-10-15-16-14-9-5-4-8-12(13)14;/h1-10H;1H. The minimum atomic E-state index is 0. The third-order valence-corrected chi connectivity index (χ3v) is 2.63. The number of fused-ring (bicyclic) bond motifs is 1. The van der Waals surface area contributed by atoms with E-state index in [1.807, 2.05) is 42.6 Å². The third-order valence-electron chi connectivity index (χ3n) is 2.63. The Morgan fingerprint density at radius 2 is 1.47 bits per heavy atom. The predicted octanol–water partition coefficient (Wildman–Crippen LogP) is 3.72. The van der Waals surface area contributed by atoms with Crippen molar-refractivity contribution >= 4 is 23.3 Å². The van der Waals surface area contributed by atoms with Gasteiger partial charge in [-0.15, -0.1) is 12.4 Å². The molecule has 3 heteroatoms. The predicted molar refractivity (Wildman–Crippen MR) is 72.2 cm³/mol. The molecule has 0 aliphatic carbocycles. The second-order valence-corrected chi connectivity index (χ2v) is 3.64. The lowest BCUT2D eigenvalue weighted by atomic mass is 10.0. The van der Waals surface area contributed by atoms with E-state index in [1.54, 1.807) is 0 Å². The van der Waals surface area contributed by atoms with Gasteiger partial charge in [0.25, 0.3) is 0 Å². The average molecular weight is 243 g/mol. The van der Waals surface area contributed by atoms with E-state index in [2.05, 4.69) is 28.4 Å². The molecule has 1 heterocycles. The molecule has 0 spiro atoms. The zero-order valence-electron chi connectivity index (χ0n) is 9.08. The van der Waals surface area contributed by atoms with Crippen molar-refractivity contribution in [2.24, 2.45) is 0 Å². The molecule has 0 atom stereocenters. The summed E-state index contributed by atoms with van der Waals surface area (Å²) in [6.07, 6.45) is 1.82. The van der Waals surface area contributed by atoms with Crippen molar-refractivity contribution in [1.82, 2.24) is 10.2 Å². The van der Waals surface area contributed by atoms with Crippen molar-refractivity contribution < 1.29 is 0 Å². The Morgan fingerprint density at radius 3 is 2.29 bits per heavy atom. The van der Waals surface area contributed by atoms with Crippen molar-refractivity contribution in [1.29, 1.82) is 0 Å². The van der Waals surface area contributed by atoms with Crippen LogP contribution in [0.25, 0.3) is 22.0 Å². The summed E-state index contributed by atoms with van der Waals surface area (Å²) >= 11 is 0. The zero-order valence-corrected chi connectivity index (χ0v) is 9.89. The van der Waals surface area contributed by atoms with E-state index in [4.69, 9.17) is 0 Å². The molecule has 3 aromatic rings. The molecule has 17 heavy (non-hydrogen) atoms. The lowest BCUT2D eigenvalue weighted by Gasteiger charge is -2.04. The Hall–Kier alpha value is -1.93. The van der Waals surface area contributed by atoms with E-state index in [1.165, 1.54) is 5.56 Å². The number of hydrogen-bond acceptors (Lipinski definition) is 2. The number of benzene rings is 2. The molecule has 0 saturated carbocycles. The van der Waals surface area contributed by atoms with E-state index in [0.717, 1.165) is 16.5 Å². The monoisotopic (exact) mass is 242 g/mol. The zero-order chi connectivity index (χ0) is 10.8. The highest BCUT2D eigenvalue weighted by atomic mass is 35.5. The Labute approximate surface area is 106 Å². The van der Waals surface area contributed by atoms with Gasteiger partial charge in [0.15, 0.2) is 0 Å². The van der Waals surface area contributed by atoms with Crippen LogP contribution in [-0.2, 0) is 0 Å². The van der Waals surface area contributed by atoms with Crippen LogP contribution < -0.4 is 0 Å². The van der Waals surface area contributed by atoms with Gasteiger partial charge in [0, 0.05) is 10.9 Å². The summed E-state index contributed by atoms with van der Waals surface area (Å²) in [5, 5.41) is 9.30. The first-order chi connectivity index (χ1) is 7.95. The van der Waals surface area contributed by atoms with Crippen LogP contribution in [0.1, 0.15) is 0 Å². The van der Waals surface area contributed by atoms with Gasteiger partial charge in [-0.2, -0.15) is 10.2 Å². The van der Waals surface area contributed by atoms with Crippen molar-refractivity contribution in [2.45, 2.75) is 0 Å². The molecular weight excluding hydrogens is 232 g/mol. The quantitative estimate of drug-likeness (QED) is 0.650. The highest BCUT2D eigenvalue weighted by molar-refractivity contribution is 5.93. The topological polar surface area (TPSA) is 25.8 Å². The third kappa shape index (κ3) is 2.12. The van der Waals surface area contributed by atoms with E-state index < -0.39 is 0 Å². The molecule has 2 aromatic carbocycles. The van der Waals surface area contributed by atoms with Crippen LogP contribution in [0.15, 0.2) is 60.8 Å². The van der Waals surface area contributed by atoms with Gasteiger partial charge in [-0.3, -0.25) is 0 Å². The molecule has 84 valence electrons. The number of nitrogens with zero attached hydrogens (tertiary/aromatic N) is 2. The molecule has 2 nitrogen and oxygen atoms in total. The smallest absolute Gasteiger partial charge is 0.0935 e. The lowest BCUT2D eigenvalue weighted by Crippen LogP contribution is -1.87. The molecule has 0 fully saturated rings. The second-order valence-electron chi connectivity index (χ2n) is 3.64. The number of aromatic nitrogens is 2. The normalized spacial score (nSPS) is 9.88. The molecule has 0 bridgehead atoms. The lowest BCUT2D eigenvalue weighted by molar-refractivity contribution is 1.08. The molecular formula is C14H11ClN2. The first kappa shape index (κ1) is 11.6. The average Bonchev–Trinajstić information content (AvgIpc) is 2.39. The number of hydrogen-bond donors (Lipinski definition) is 0. The number of halogens is 1. The van der Waals surface area contributed by atoms with Crippen molar-refractivity contribution in [3.63, 3.8) is 0 Å². The Kier molecular flexibility index (Phi) is 3.35. The van der Waals surface area contributed by atoms with E-state index in [9.17, 15) is 0 Å². The molecule has 0 amide bonds. The summed E-state index contributed by atoms with van der Waals surface area (Å²) in [5.41, 5.74) is 3.24. The molecule has 0 N–H and O–H groups in total. The van der Waals surface area contributed by atoms with Crippen LogP contribution in [0.2, 0.25) is 0 Å². The molecule has 3 rings (SSSR count). The van der Waals surface area contributed by atoms with Gasteiger partial charge >= 0.3 is 0 Å². The maximum absolute atomic E-state index is 4.12. The fourth-order valence-electron chi connectivity index (χ4n) is 1.85. The van der Waals surface area contributed by atoms with Crippen molar-refractivity contribution in [2.75, 3.05) is 0 Å².